The summed E-state index contributed by atoms with van der Waals surface area (Å²) in [6, 6.07) is 6.15. The molecule has 2 amide bonds. The standard InChI is InChI=1S/C22H30N2O9.C7H12O2/c1-4-31-19(27)13-17(25)23-9-10-24-18(26)14-20(28)33-12-11-32-16-7-5-15(6-8-16)21(29)22(2,3)30;1-4-5-9-7(8)6(2)3/h5-8,30H,4,9-14H2,1-3H3,(H,23,25)(H,24,26);2,4-5H2,1,3H3. The number of carbonyl (C=O) groups excluding carboxylic acids is 6. The average Bonchev–Trinajstić information content (AvgIpc) is 2.92. The minimum atomic E-state index is -1.47. The van der Waals surface area contributed by atoms with Gasteiger partial charge in [0.05, 0.1) is 13.2 Å². The highest BCUT2D eigenvalue weighted by Crippen LogP contribution is 2.17. The first-order chi connectivity index (χ1) is 19.7. The Morgan fingerprint density at radius 1 is 0.810 bits per heavy atom. The van der Waals surface area contributed by atoms with Crippen LogP contribution in [0.5, 0.6) is 5.75 Å². The fourth-order valence-corrected chi connectivity index (χ4v) is 2.74. The predicted molar refractivity (Wildman–Crippen MR) is 151 cm³/mol. The smallest absolute Gasteiger partial charge is 0.333 e. The van der Waals surface area contributed by atoms with E-state index in [2.05, 4.69) is 21.9 Å². The monoisotopic (exact) mass is 594 g/mol. The second kappa shape index (κ2) is 20.6. The molecule has 0 aromatic heterocycles. The van der Waals surface area contributed by atoms with Gasteiger partial charge in [-0.2, -0.15) is 0 Å². The topological polar surface area (TPSA) is 184 Å². The predicted octanol–water partition coefficient (Wildman–Crippen LogP) is 1.65. The van der Waals surface area contributed by atoms with Gasteiger partial charge < -0.3 is 34.7 Å². The molecule has 1 aromatic rings. The Kier molecular flexibility index (Phi) is 18.5. The number of ketones is 1. The van der Waals surface area contributed by atoms with Crippen LogP contribution in [0, 0.1) is 0 Å². The molecule has 0 heterocycles. The quantitative estimate of drug-likeness (QED) is 0.0595. The lowest BCUT2D eigenvalue weighted by Crippen LogP contribution is -2.36. The lowest BCUT2D eigenvalue weighted by Gasteiger charge is -2.15. The van der Waals surface area contributed by atoms with E-state index in [0.717, 1.165) is 6.42 Å². The van der Waals surface area contributed by atoms with E-state index in [1.54, 1.807) is 26.0 Å². The van der Waals surface area contributed by atoms with E-state index in [1.807, 2.05) is 6.92 Å². The number of Topliss-reactive ketones (excluding diaryl/α,β-unsaturated/α-hetero) is 1. The Morgan fingerprint density at radius 3 is 1.79 bits per heavy atom. The zero-order valence-electron chi connectivity index (χ0n) is 24.9. The van der Waals surface area contributed by atoms with Crippen LogP contribution in [0.25, 0.3) is 0 Å². The van der Waals surface area contributed by atoms with E-state index in [9.17, 15) is 33.9 Å². The second-order valence-electron chi connectivity index (χ2n) is 9.26. The molecule has 0 radical (unpaired) electrons. The lowest BCUT2D eigenvalue weighted by molar-refractivity contribution is -0.148. The van der Waals surface area contributed by atoms with Crippen molar-refractivity contribution in [2.45, 2.75) is 59.5 Å². The number of hydrogen-bond acceptors (Lipinski definition) is 11. The van der Waals surface area contributed by atoms with Crippen molar-refractivity contribution in [1.82, 2.24) is 10.6 Å². The van der Waals surface area contributed by atoms with Crippen LogP contribution in [0.2, 0.25) is 0 Å². The van der Waals surface area contributed by atoms with Gasteiger partial charge in [-0.05, 0) is 58.4 Å². The molecule has 0 saturated heterocycles. The Labute approximate surface area is 245 Å². The van der Waals surface area contributed by atoms with Crippen LogP contribution in [0.4, 0.5) is 0 Å². The summed E-state index contributed by atoms with van der Waals surface area (Å²) in [4.78, 5) is 68.5. The maximum Gasteiger partial charge on any atom is 0.333 e. The third-order valence-electron chi connectivity index (χ3n) is 4.76. The summed E-state index contributed by atoms with van der Waals surface area (Å²) in [5.74, 6) is -2.75. The molecule has 3 N–H and O–H groups in total. The van der Waals surface area contributed by atoms with Crippen LogP contribution < -0.4 is 15.4 Å². The molecule has 0 aliphatic heterocycles. The first-order valence-corrected chi connectivity index (χ1v) is 13.4. The first-order valence-electron chi connectivity index (χ1n) is 13.4. The minimum Gasteiger partial charge on any atom is -0.490 e. The number of rotatable bonds is 17. The molecular weight excluding hydrogens is 552 g/mol. The van der Waals surface area contributed by atoms with Crippen LogP contribution in [0.1, 0.15) is 64.2 Å². The number of carbonyl (C=O) groups is 6. The minimum absolute atomic E-state index is 0.0403. The normalized spacial score (nSPS) is 10.2. The Bertz CT molecular complexity index is 1060. The van der Waals surface area contributed by atoms with Crippen molar-refractivity contribution in [3.05, 3.63) is 42.0 Å². The molecule has 1 rings (SSSR count). The summed E-state index contributed by atoms with van der Waals surface area (Å²) in [7, 11) is 0. The Hall–Kier alpha value is -4.26. The first kappa shape index (κ1) is 37.7. The fraction of sp³-hybridized carbons (Fsp3) is 0.517. The highest BCUT2D eigenvalue weighted by Gasteiger charge is 2.25. The zero-order chi connectivity index (χ0) is 32.1. The van der Waals surface area contributed by atoms with Gasteiger partial charge in [0.25, 0.3) is 0 Å². The summed E-state index contributed by atoms with van der Waals surface area (Å²) in [5.41, 5.74) is -0.671. The molecule has 0 fully saturated rings. The number of ether oxygens (including phenoxy) is 4. The number of nitrogens with one attached hydrogen (secondary N) is 2. The van der Waals surface area contributed by atoms with Crippen molar-refractivity contribution >= 4 is 35.5 Å². The van der Waals surface area contributed by atoms with Gasteiger partial charge in [-0.25, -0.2) is 4.79 Å². The molecule has 42 heavy (non-hydrogen) atoms. The van der Waals surface area contributed by atoms with Crippen molar-refractivity contribution in [2.75, 3.05) is 39.5 Å². The number of aliphatic hydroxyl groups is 1. The average molecular weight is 595 g/mol. The van der Waals surface area contributed by atoms with Crippen molar-refractivity contribution in [3.8, 4) is 5.75 Å². The van der Waals surface area contributed by atoms with Crippen molar-refractivity contribution in [3.63, 3.8) is 0 Å². The van der Waals surface area contributed by atoms with Crippen molar-refractivity contribution < 1.29 is 52.8 Å². The van der Waals surface area contributed by atoms with Crippen LogP contribution in [0.15, 0.2) is 36.4 Å². The second-order valence-corrected chi connectivity index (χ2v) is 9.26. The van der Waals surface area contributed by atoms with Gasteiger partial charge in [-0.1, -0.05) is 13.5 Å². The SMILES string of the molecule is C=C(C)C(=O)OCCC.CCOC(=O)CC(=O)NCCNC(=O)CC(=O)OCCOc1ccc(C(=O)C(C)(C)O)cc1. The van der Waals surface area contributed by atoms with Crippen LogP contribution in [-0.2, 0) is 38.2 Å². The summed E-state index contributed by atoms with van der Waals surface area (Å²) < 4.78 is 19.7. The summed E-state index contributed by atoms with van der Waals surface area (Å²) in [6.45, 7) is 12.3. The Morgan fingerprint density at radius 2 is 1.33 bits per heavy atom. The Balaban J connectivity index is 0.00000160. The van der Waals surface area contributed by atoms with E-state index in [1.165, 1.54) is 26.0 Å². The third-order valence-corrected chi connectivity index (χ3v) is 4.76. The van der Waals surface area contributed by atoms with Gasteiger partial charge in [-0.3, -0.25) is 24.0 Å². The van der Waals surface area contributed by atoms with Crippen molar-refractivity contribution in [1.29, 1.82) is 0 Å². The molecule has 1 aromatic carbocycles. The molecule has 0 aliphatic rings. The molecule has 0 bridgehead atoms. The fourth-order valence-electron chi connectivity index (χ4n) is 2.74. The van der Waals surface area contributed by atoms with Gasteiger partial charge in [0.15, 0.2) is 5.78 Å². The van der Waals surface area contributed by atoms with Crippen LogP contribution in [-0.4, -0.2) is 85.7 Å². The highest BCUT2D eigenvalue weighted by molar-refractivity contribution is 6.01. The van der Waals surface area contributed by atoms with E-state index in [4.69, 9.17) is 14.2 Å². The number of esters is 3. The van der Waals surface area contributed by atoms with E-state index in [0.29, 0.717) is 23.5 Å². The largest absolute Gasteiger partial charge is 0.490 e. The molecule has 0 unspecified atom stereocenters. The van der Waals surface area contributed by atoms with E-state index >= 15 is 0 Å². The zero-order valence-corrected chi connectivity index (χ0v) is 24.9. The molecule has 0 aliphatic carbocycles. The lowest BCUT2D eigenvalue weighted by atomic mass is 9.97. The maximum absolute atomic E-state index is 12.0. The summed E-state index contributed by atoms with van der Waals surface area (Å²) in [5, 5.41) is 14.6. The maximum atomic E-state index is 12.0. The molecule has 0 saturated carbocycles. The number of benzene rings is 1. The van der Waals surface area contributed by atoms with Gasteiger partial charge in [0, 0.05) is 24.2 Å². The van der Waals surface area contributed by atoms with Gasteiger partial charge in [-0.15, -0.1) is 0 Å². The van der Waals surface area contributed by atoms with Gasteiger partial charge in [0.1, 0.15) is 37.4 Å². The van der Waals surface area contributed by atoms with Crippen LogP contribution >= 0.6 is 0 Å². The molecule has 13 nitrogen and oxygen atoms in total. The van der Waals surface area contributed by atoms with E-state index in [-0.39, 0.29) is 38.9 Å². The van der Waals surface area contributed by atoms with Gasteiger partial charge >= 0.3 is 17.9 Å². The number of amides is 2. The summed E-state index contributed by atoms with van der Waals surface area (Å²) >= 11 is 0. The van der Waals surface area contributed by atoms with Crippen LogP contribution in [0.3, 0.4) is 0 Å². The molecular formula is C29H42N2O11. The summed E-state index contributed by atoms with van der Waals surface area (Å²) in [6.07, 6.45) is -0.0389. The number of hydrogen-bond donors (Lipinski definition) is 3. The molecule has 13 heteroatoms. The molecule has 0 spiro atoms. The highest BCUT2D eigenvalue weighted by atomic mass is 16.6. The molecule has 0 atom stereocenters. The molecule has 234 valence electrons. The van der Waals surface area contributed by atoms with Crippen molar-refractivity contribution in [2.24, 2.45) is 0 Å². The third kappa shape index (κ3) is 18.2. The van der Waals surface area contributed by atoms with E-state index < -0.39 is 48.0 Å². The van der Waals surface area contributed by atoms with Gasteiger partial charge in [0.2, 0.25) is 11.8 Å².